The normalized spacial score (nSPS) is 21.8. The second kappa shape index (κ2) is 5.62. The average Bonchev–Trinajstić information content (AvgIpc) is 2.19. The van der Waals surface area contributed by atoms with Crippen LogP contribution in [0.4, 0.5) is 0 Å². The van der Waals surface area contributed by atoms with E-state index in [1.54, 1.807) is 4.90 Å². The van der Waals surface area contributed by atoms with E-state index in [9.17, 15) is 9.59 Å². The molecule has 0 bridgehead atoms. The fraction of sp³-hybridized carbons (Fsp3) is 0.800. The molecule has 4 nitrogen and oxygen atoms in total. The minimum atomic E-state index is -0.0692. The van der Waals surface area contributed by atoms with Crippen LogP contribution in [-0.2, 0) is 9.59 Å². The lowest BCUT2D eigenvalue weighted by Crippen LogP contribution is -2.49. The zero-order valence-electron chi connectivity index (χ0n) is 8.66. The summed E-state index contributed by atoms with van der Waals surface area (Å²) in [6.07, 6.45) is 5.16. The van der Waals surface area contributed by atoms with Gasteiger partial charge in [-0.3, -0.25) is 9.59 Å². The number of likely N-dealkylation sites (tertiary alicyclic amines) is 1. The maximum absolute atomic E-state index is 11.3. The quantitative estimate of drug-likeness (QED) is 0.681. The van der Waals surface area contributed by atoms with Crippen LogP contribution in [0.15, 0.2) is 0 Å². The van der Waals surface area contributed by atoms with Crippen molar-refractivity contribution in [2.45, 2.75) is 45.2 Å². The van der Waals surface area contributed by atoms with Crippen molar-refractivity contribution in [2.75, 3.05) is 6.54 Å². The Hall–Kier alpha value is -1.06. The van der Waals surface area contributed by atoms with Gasteiger partial charge in [-0.15, -0.1) is 0 Å². The molecule has 1 aliphatic rings. The molecule has 1 rings (SSSR count). The Balaban J connectivity index is 2.39. The van der Waals surface area contributed by atoms with E-state index in [0.717, 1.165) is 38.6 Å². The fourth-order valence-corrected chi connectivity index (χ4v) is 1.72. The number of hydrogen-bond donors (Lipinski definition) is 1. The number of rotatable bonds is 4. The number of nitrogens with one attached hydrogen (secondary N) is 1. The molecule has 2 amide bonds. The molecule has 1 unspecified atom stereocenters. The monoisotopic (exact) mass is 198 g/mol. The number of carbonyl (C=O) groups excluding carboxylic acids is 2. The fourth-order valence-electron chi connectivity index (χ4n) is 1.72. The standard InChI is InChI=1S/C10H18N2O2/c1-2-5-10(14)11-9-6-3-4-7-12(9)8-13/h8-9H,2-7H2,1H3,(H,11,14). The SMILES string of the molecule is CCCC(=O)NC1CCCCN1C=O. The Bertz CT molecular complexity index is 206. The molecule has 1 N–H and O–H groups in total. The Morgan fingerprint density at radius 3 is 3.00 bits per heavy atom. The first kappa shape index (κ1) is 11.0. The van der Waals surface area contributed by atoms with Gasteiger partial charge in [-0.25, -0.2) is 0 Å². The van der Waals surface area contributed by atoms with Gasteiger partial charge < -0.3 is 10.2 Å². The molecular weight excluding hydrogens is 180 g/mol. The second-order valence-electron chi connectivity index (χ2n) is 3.67. The highest BCUT2D eigenvalue weighted by Gasteiger charge is 2.21. The van der Waals surface area contributed by atoms with Gasteiger partial charge in [0.05, 0.1) is 0 Å². The van der Waals surface area contributed by atoms with Crippen molar-refractivity contribution in [3.8, 4) is 0 Å². The van der Waals surface area contributed by atoms with Crippen LogP contribution in [0.3, 0.4) is 0 Å². The molecule has 0 radical (unpaired) electrons. The highest BCUT2D eigenvalue weighted by Crippen LogP contribution is 2.13. The van der Waals surface area contributed by atoms with Crippen molar-refractivity contribution in [1.29, 1.82) is 0 Å². The summed E-state index contributed by atoms with van der Waals surface area (Å²) in [5, 5.41) is 2.88. The van der Waals surface area contributed by atoms with Gasteiger partial charge in [0.2, 0.25) is 12.3 Å². The minimum Gasteiger partial charge on any atom is -0.336 e. The molecule has 1 atom stereocenters. The molecule has 1 aliphatic heterocycles. The molecule has 0 aromatic heterocycles. The van der Waals surface area contributed by atoms with Crippen molar-refractivity contribution >= 4 is 12.3 Å². The van der Waals surface area contributed by atoms with Gasteiger partial charge in [-0.2, -0.15) is 0 Å². The van der Waals surface area contributed by atoms with Crippen molar-refractivity contribution in [3.05, 3.63) is 0 Å². The number of hydrogen-bond acceptors (Lipinski definition) is 2. The Labute approximate surface area is 84.7 Å². The van der Waals surface area contributed by atoms with E-state index in [-0.39, 0.29) is 12.1 Å². The summed E-state index contributed by atoms with van der Waals surface area (Å²) in [6, 6.07) is 0. The number of carbonyl (C=O) groups is 2. The topological polar surface area (TPSA) is 49.4 Å². The van der Waals surface area contributed by atoms with Crippen molar-refractivity contribution in [2.24, 2.45) is 0 Å². The number of piperidine rings is 1. The Morgan fingerprint density at radius 1 is 1.57 bits per heavy atom. The molecule has 1 saturated heterocycles. The van der Waals surface area contributed by atoms with Gasteiger partial charge in [-0.05, 0) is 25.7 Å². The molecule has 0 aliphatic carbocycles. The van der Waals surface area contributed by atoms with Gasteiger partial charge in [0, 0.05) is 13.0 Å². The number of amides is 2. The van der Waals surface area contributed by atoms with E-state index >= 15 is 0 Å². The van der Waals surface area contributed by atoms with Crippen LogP contribution in [0, 0.1) is 0 Å². The van der Waals surface area contributed by atoms with E-state index in [4.69, 9.17) is 0 Å². The molecule has 0 spiro atoms. The lowest BCUT2D eigenvalue weighted by atomic mass is 10.1. The van der Waals surface area contributed by atoms with Crippen LogP contribution in [0.1, 0.15) is 39.0 Å². The smallest absolute Gasteiger partial charge is 0.221 e. The van der Waals surface area contributed by atoms with E-state index < -0.39 is 0 Å². The van der Waals surface area contributed by atoms with Gasteiger partial charge >= 0.3 is 0 Å². The zero-order valence-corrected chi connectivity index (χ0v) is 8.66. The largest absolute Gasteiger partial charge is 0.336 e. The van der Waals surface area contributed by atoms with Gasteiger partial charge in [-0.1, -0.05) is 6.92 Å². The summed E-state index contributed by atoms with van der Waals surface area (Å²) in [5.41, 5.74) is 0. The first-order valence-electron chi connectivity index (χ1n) is 5.28. The third-order valence-corrected chi connectivity index (χ3v) is 2.48. The predicted molar refractivity (Wildman–Crippen MR) is 53.5 cm³/mol. The lowest BCUT2D eigenvalue weighted by Gasteiger charge is -2.33. The van der Waals surface area contributed by atoms with Crippen LogP contribution >= 0.6 is 0 Å². The van der Waals surface area contributed by atoms with Crippen LogP contribution in [0.2, 0.25) is 0 Å². The minimum absolute atomic E-state index is 0.0475. The lowest BCUT2D eigenvalue weighted by molar-refractivity contribution is -0.127. The molecule has 0 aromatic rings. The Morgan fingerprint density at radius 2 is 2.36 bits per heavy atom. The summed E-state index contributed by atoms with van der Waals surface area (Å²) in [6.45, 7) is 2.73. The molecule has 4 heteroatoms. The second-order valence-corrected chi connectivity index (χ2v) is 3.67. The van der Waals surface area contributed by atoms with Gasteiger partial charge in [0.15, 0.2) is 0 Å². The summed E-state index contributed by atoms with van der Waals surface area (Å²) in [7, 11) is 0. The van der Waals surface area contributed by atoms with Crippen molar-refractivity contribution < 1.29 is 9.59 Å². The first-order chi connectivity index (χ1) is 6.77. The van der Waals surface area contributed by atoms with Crippen molar-refractivity contribution in [1.82, 2.24) is 10.2 Å². The summed E-state index contributed by atoms with van der Waals surface area (Å²) in [4.78, 5) is 23.7. The zero-order chi connectivity index (χ0) is 10.4. The highest BCUT2D eigenvalue weighted by atomic mass is 16.2. The van der Waals surface area contributed by atoms with E-state index in [0.29, 0.717) is 6.42 Å². The predicted octanol–water partition coefficient (Wildman–Crippen LogP) is 0.871. The Kier molecular flexibility index (Phi) is 4.43. The first-order valence-corrected chi connectivity index (χ1v) is 5.28. The molecule has 0 saturated carbocycles. The maximum Gasteiger partial charge on any atom is 0.221 e. The summed E-state index contributed by atoms with van der Waals surface area (Å²) in [5.74, 6) is 0.0475. The summed E-state index contributed by atoms with van der Waals surface area (Å²) >= 11 is 0. The van der Waals surface area contributed by atoms with Crippen LogP contribution in [0.5, 0.6) is 0 Å². The molecular formula is C10H18N2O2. The maximum atomic E-state index is 11.3. The molecule has 14 heavy (non-hydrogen) atoms. The van der Waals surface area contributed by atoms with Gasteiger partial charge in [0.25, 0.3) is 0 Å². The average molecular weight is 198 g/mol. The highest BCUT2D eigenvalue weighted by molar-refractivity contribution is 5.76. The van der Waals surface area contributed by atoms with Crippen molar-refractivity contribution in [3.63, 3.8) is 0 Å². The molecule has 80 valence electrons. The third kappa shape index (κ3) is 3.01. The van der Waals surface area contributed by atoms with E-state index in [1.165, 1.54) is 0 Å². The van der Waals surface area contributed by atoms with E-state index in [1.807, 2.05) is 6.92 Å². The van der Waals surface area contributed by atoms with Gasteiger partial charge in [0.1, 0.15) is 6.17 Å². The number of nitrogens with zero attached hydrogens (tertiary/aromatic N) is 1. The van der Waals surface area contributed by atoms with Crippen LogP contribution in [-0.4, -0.2) is 29.9 Å². The molecule has 1 fully saturated rings. The third-order valence-electron chi connectivity index (χ3n) is 2.48. The van der Waals surface area contributed by atoms with E-state index in [2.05, 4.69) is 5.32 Å². The van der Waals surface area contributed by atoms with Crippen LogP contribution in [0.25, 0.3) is 0 Å². The van der Waals surface area contributed by atoms with Crippen LogP contribution < -0.4 is 5.32 Å². The molecule has 1 heterocycles. The molecule has 0 aromatic carbocycles. The summed E-state index contributed by atoms with van der Waals surface area (Å²) < 4.78 is 0.